The second kappa shape index (κ2) is 11.3. The van der Waals surface area contributed by atoms with Crippen LogP contribution in [0.25, 0.3) is 10.8 Å². The van der Waals surface area contributed by atoms with E-state index in [1.54, 1.807) is 24.4 Å². The zero-order valence-corrected chi connectivity index (χ0v) is 20.8. The van der Waals surface area contributed by atoms with Crippen LogP contribution in [0.4, 0.5) is 14.6 Å². The summed E-state index contributed by atoms with van der Waals surface area (Å²) in [7, 11) is -4.04. The molecule has 0 aliphatic carbocycles. The van der Waals surface area contributed by atoms with Crippen LogP contribution in [0.5, 0.6) is 0 Å². The maximum absolute atomic E-state index is 13.8. The molecule has 0 aliphatic rings. The number of benzene rings is 3. The number of nitriles is 1. The summed E-state index contributed by atoms with van der Waals surface area (Å²) in [5.74, 6) is -2.87. The summed E-state index contributed by atoms with van der Waals surface area (Å²) in [6.07, 6.45) is 1.36. The predicted molar refractivity (Wildman–Crippen MR) is 139 cm³/mol. The average molecular weight is 536 g/mol. The van der Waals surface area contributed by atoms with Crippen molar-refractivity contribution in [2.24, 2.45) is 0 Å². The third-order valence-electron chi connectivity index (χ3n) is 5.83. The van der Waals surface area contributed by atoms with Gasteiger partial charge in [-0.2, -0.15) is 5.26 Å². The molecule has 0 unspecified atom stereocenters. The first kappa shape index (κ1) is 26.7. The number of hydrogen-bond acceptors (Lipinski definition) is 6. The first-order valence-corrected chi connectivity index (χ1v) is 13.1. The fourth-order valence-corrected chi connectivity index (χ4v) is 5.26. The minimum absolute atomic E-state index is 0.0859. The molecule has 0 saturated heterocycles. The first-order valence-electron chi connectivity index (χ1n) is 11.5. The van der Waals surface area contributed by atoms with Crippen molar-refractivity contribution in [1.82, 2.24) is 15.0 Å². The van der Waals surface area contributed by atoms with Crippen LogP contribution in [0.3, 0.4) is 0 Å². The number of nitrogens with zero attached hydrogens (tertiary/aromatic N) is 2. The lowest BCUT2D eigenvalue weighted by atomic mass is 10.1. The third kappa shape index (κ3) is 6.67. The molecule has 0 fully saturated rings. The highest BCUT2D eigenvalue weighted by Crippen LogP contribution is 2.20. The lowest BCUT2D eigenvalue weighted by molar-refractivity contribution is -0.122. The Bertz CT molecular complexity index is 1640. The number of rotatable bonds is 9. The number of pyridine rings is 1. The van der Waals surface area contributed by atoms with Gasteiger partial charge in [0.15, 0.2) is 11.6 Å². The van der Waals surface area contributed by atoms with E-state index in [9.17, 15) is 22.0 Å². The zero-order chi connectivity index (χ0) is 27.3. The Morgan fingerprint density at radius 2 is 1.68 bits per heavy atom. The summed E-state index contributed by atoms with van der Waals surface area (Å²) in [6, 6.07) is 16.9. The van der Waals surface area contributed by atoms with E-state index in [-0.39, 0.29) is 18.5 Å². The van der Waals surface area contributed by atoms with Gasteiger partial charge in [0, 0.05) is 18.1 Å². The van der Waals surface area contributed by atoms with Gasteiger partial charge >= 0.3 is 0 Å². The molecule has 4 rings (SSSR count). The molecule has 1 heterocycles. The van der Waals surface area contributed by atoms with Gasteiger partial charge < -0.3 is 11.1 Å². The molecule has 38 heavy (non-hydrogen) atoms. The molecule has 3 aromatic carbocycles. The monoisotopic (exact) mass is 535 g/mol. The molecule has 11 heteroatoms. The van der Waals surface area contributed by atoms with Crippen molar-refractivity contribution >= 4 is 32.5 Å². The van der Waals surface area contributed by atoms with E-state index in [1.165, 1.54) is 30.3 Å². The van der Waals surface area contributed by atoms with Crippen molar-refractivity contribution in [2.75, 3.05) is 5.73 Å². The van der Waals surface area contributed by atoms with Crippen LogP contribution < -0.4 is 15.8 Å². The largest absolute Gasteiger partial charge is 0.383 e. The molecule has 194 valence electrons. The summed E-state index contributed by atoms with van der Waals surface area (Å²) in [6.45, 7) is 0.0859. The molecule has 0 saturated carbocycles. The van der Waals surface area contributed by atoms with Gasteiger partial charge in [0.1, 0.15) is 11.9 Å². The van der Waals surface area contributed by atoms with E-state index >= 15 is 0 Å². The summed E-state index contributed by atoms with van der Waals surface area (Å²) >= 11 is 0. The molecule has 1 atom stereocenters. The first-order chi connectivity index (χ1) is 18.1. The van der Waals surface area contributed by atoms with Gasteiger partial charge in [-0.25, -0.2) is 26.9 Å². The molecule has 4 aromatic rings. The van der Waals surface area contributed by atoms with Gasteiger partial charge in [-0.3, -0.25) is 4.79 Å². The number of nitrogens with one attached hydrogen (secondary N) is 2. The van der Waals surface area contributed by atoms with E-state index in [4.69, 9.17) is 11.0 Å². The van der Waals surface area contributed by atoms with Gasteiger partial charge in [0.2, 0.25) is 15.9 Å². The minimum atomic E-state index is -4.04. The number of anilines is 1. The van der Waals surface area contributed by atoms with Gasteiger partial charge in [-0.1, -0.05) is 30.3 Å². The summed E-state index contributed by atoms with van der Waals surface area (Å²) < 4.78 is 55.4. The molecular weight excluding hydrogens is 512 g/mol. The number of hydrogen-bond donors (Lipinski definition) is 3. The van der Waals surface area contributed by atoms with Crippen molar-refractivity contribution < 1.29 is 22.0 Å². The summed E-state index contributed by atoms with van der Waals surface area (Å²) in [5, 5.41) is 13.2. The lowest BCUT2D eigenvalue weighted by Crippen LogP contribution is -2.48. The average Bonchev–Trinajstić information content (AvgIpc) is 2.89. The number of nitrogen functional groups attached to an aromatic ring is 1. The quantitative estimate of drug-likeness (QED) is 0.301. The van der Waals surface area contributed by atoms with Gasteiger partial charge in [0.25, 0.3) is 0 Å². The van der Waals surface area contributed by atoms with Crippen molar-refractivity contribution in [3.63, 3.8) is 0 Å². The smallest absolute Gasteiger partial charge is 0.238 e. The Labute approximate surface area is 218 Å². The van der Waals surface area contributed by atoms with Gasteiger partial charge in [-0.05, 0) is 64.9 Å². The fourth-order valence-electron chi connectivity index (χ4n) is 3.92. The Kier molecular flexibility index (Phi) is 7.95. The highest BCUT2D eigenvalue weighted by Gasteiger charge is 2.25. The molecule has 1 amide bonds. The standard InChI is InChI=1S/C27H23F2N5O3S/c28-23-8-6-19(12-24(23)29)13-25(34-38(36,37)16-18-3-1-17(14-30)2-4-18)27(35)33-15-20-5-7-22-21(11-20)9-10-32-26(22)31/h1-12,25,34H,13,15-16H2,(H2,31,32)(H,33,35)/t25-/m0/s1. The summed E-state index contributed by atoms with van der Waals surface area (Å²) in [5.41, 5.74) is 7.64. The number of nitrogens with two attached hydrogens (primary N) is 1. The maximum Gasteiger partial charge on any atom is 0.238 e. The van der Waals surface area contributed by atoms with Crippen molar-refractivity contribution in [2.45, 2.75) is 24.8 Å². The lowest BCUT2D eigenvalue weighted by Gasteiger charge is -2.19. The van der Waals surface area contributed by atoms with E-state index in [0.717, 1.165) is 28.5 Å². The molecule has 0 aliphatic heterocycles. The maximum atomic E-state index is 13.8. The Morgan fingerprint density at radius 3 is 2.39 bits per heavy atom. The zero-order valence-electron chi connectivity index (χ0n) is 20.0. The Morgan fingerprint density at radius 1 is 0.974 bits per heavy atom. The normalized spacial score (nSPS) is 12.1. The van der Waals surface area contributed by atoms with Crippen LogP contribution >= 0.6 is 0 Å². The van der Waals surface area contributed by atoms with Gasteiger partial charge in [0.05, 0.1) is 17.4 Å². The number of fused-ring (bicyclic) bond motifs is 1. The van der Waals surface area contributed by atoms with Crippen LogP contribution in [-0.2, 0) is 33.5 Å². The summed E-state index contributed by atoms with van der Waals surface area (Å²) in [4.78, 5) is 17.2. The number of sulfonamides is 1. The molecule has 4 N–H and O–H groups in total. The Balaban J connectivity index is 1.52. The molecule has 0 spiro atoms. The Hall–Kier alpha value is -4.40. The molecule has 0 radical (unpaired) electrons. The van der Waals surface area contributed by atoms with Crippen molar-refractivity contribution in [1.29, 1.82) is 5.26 Å². The topological polar surface area (TPSA) is 138 Å². The van der Waals surface area contributed by atoms with Crippen LogP contribution in [0.2, 0.25) is 0 Å². The van der Waals surface area contributed by atoms with E-state index in [1.807, 2.05) is 12.1 Å². The van der Waals surface area contributed by atoms with Crippen molar-refractivity contribution in [3.8, 4) is 6.07 Å². The van der Waals surface area contributed by atoms with Crippen LogP contribution in [0.15, 0.2) is 72.9 Å². The fraction of sp³-hybridized carbons (Fsp3) is 0.148. The van der Waals surface area contributed by atoms with E-state index < -0.39 is 39.4 Å². The number of halogens is 2. The number of carbonyl (C=O) groups excluding carboxylic acids is 1. The van der Waals surface area contributed by atoms with Crippen LogP contribution in [0.1, 0.15) is 22.3 Å². The predicted octanol–water partition coefficient (Wildman–Crippen LogP) is 3.31. The third-order valence-corrected chi connectivity index (χ3v) is 7.19. The second-order valence-corrected chi connectivity index (χ2v) is 10.4. The highest BCUT2D eigenvalue weighted by atomic mass is 32.2. The second-order valence-electron chi connectivity index (χ2n) is 8.66. The molecule has 1 aromatic heterocycles. The molecular formula is C27H23F2N5O3S. The van der Waals surface area contributed by atoms with E-state index in [0.29, 0.717) is 16.9 Å². The SMILES string of the molecule is N#Cc1ccc(CS(=O)(=O)N[C@@H](Cc2ccc(F)c(F)c2)C(=O)NCc2ccc3c(N)nccc3c2)cc1. The number of aromatic nitrogens is 1. The molecule has 8 nitrogen and oxygen atoms in total. The number of carbonyl (C=O) groups is 1. The van der Waals surface area contributed by atoms with Crippen LogP contribution in [0, 0.1) is 23.0 Å². The van der Waals surface area contributed by atoms with Crippen LogP contribution in [-0.4, -0.2) is 25.4 Å². The highest BCUT2D eigenvalue weighted by molar-refractivity contribution is 7.88. The molecule has 0 bridgehead atoms. The van der Waals surface area contributed by atoms with Gasteiger partial charge in [-0.15, -0.1) is 0 Å². The minimum Gasteiger partial charge on any atom is -0.383 e. The van der Waals surface area contributed by atoms with Crippen molar-refractivity contribution in [3.05, 3.63) is 107 Å². The van der Waals surface area contributed by atoms with E-state index in [2.05, 4.69) is 15.0 Å². The number of amides is 1.